The van der Waals surface area contributed by atoms with Crippen LogP contribution in [0.15, 0.2) is 18.3 Å². The Morgan fingerprint density at radius 3 is 3.00 bits per heavy atom. The maximum Gasteiger partial charge on any atom is 0.247 e. The van der Waals surface area contributed by atoms with Crippen molar-refractivity contribution >= 4 is 17.5 Å². The van der Waals surface area contributed by atoms with Crippen LogP contribution in [0.25, 0.3) is 0 Å². The summed E-state index contributed by atoms with van der Waals surface area (Å²) in [6, 6.07) is 2.77. The highest BCUT2D eigenvalue weighted by molar-refractivity contribution is 5.98. The molecule has 7 heteroatoms. The van der Waals surface area contributed by atoms with Gasteiger partial charge in [-0.3, -0.25) is 9.59 Å². The average Bonchev–Trinajstić information content (AvgIpc) is 2.85. The number of aromatic nitrogens is 1. The molecule has 1 saturated heterocycles. The van der Waals surface area contributed by atoms with Crippen LogP contribution in [0.2, 0.25) is 0 Å². The van der Waals surface area contributed by atoms with Gasteiger partial charge in [0.25, 0.3) is 0 Å². The summed E-state index contributed by atoms with van der Waals surface area (Å²) in [5, 5.41) is 13.9. The molecule has 7 nitrogen and oxygen atoms in total. The number of aliphatic hydroxyl groups excluding tert-OH is 1. The fraction of sp³-hybridized carbons (Fsp3) is 0.417. The van der Waals surface area contributed by atoms with E-state index in [1.807, 2.05) is 0 Å². The number of hydrogen-bond acceptors (Lipinski definition) is 5. The first kappa shape index (κ1) is 13.3. The standard InChI is InChI=1S/C12H15N3O4/c16-5-6-19-11-4-1-8(7-13-11)14-12(18)9-2-3-10(17)15-9/h1,4,7,9,16H,2-3,5-6H2,(H,14,18)(H,15,17). The zero-order chi connectivity index (χ0) is 13.7. The Morgan fingerprint density at radius 2 is 2.42 bits per heavy atom. The van der Waals surface area contributed by atoms with E-state index in [2.05, 4.69) is 15.6 Å². The average molecular weight is 265 g/mol. The second-order valence-electron chi connectivity index (χ2n) is 4.11. The minimum Gasteiger partial charge on any atom is -0.475 e. The number of carbonyl (C=O) groups is 2. The van der Waals surface area contributed by atoms with Crippen molar-refractivity contribution in [3.05, 3.63) is 18.3 Å². The first-order valence-electron chi connectivity index (χ1n) is 5.99. The predicted octanol–water partition coefficient (Wildman–Crippen LogP) is -0.330. The number of carbonyl (C=O) groups excluding carboxylic acids is 2. The molecule has 2 rings (SSSR count). The number of ether oxygens (including phenoxy) is 1. The zero-order valence-electron chi connectivity index (χ0n) is 10.3. The van der Waals surface area contributed by atoms with Crippen molar-refractivity contribution in [1.29, 1.82) is 0 Å². The number of aliphatic hydroxyl groups is 1. The van der Waals surface area contributed by atoms with Crippen molar-refractivity contribution in [2.75, 3.05) is 18.5 Å². The number of anilines is 1. The van der Waals surface area contributed by atoms with Crippen molar-refractivity contribution in [2.45, 2.75) is 18.9 Å². The van der Waals surface area contributed by atoms with Crippen LogP contribution in [0.5, 0.6) is 5.88 Å². The molecule has 1 atom stereocenters. The van der Waals surface area contributed by atoms with Crippen LogP contribution in [0.4, 0.5) is 5.69 Å². The highest BCUT2D eigenvalue weighted by atomic mass is 16.5. The van der Waals surface area contributed by atoms with Crippen LogP contribution >= 0.6 is 0 Å². The number of hydrogen-bond donors (Lipinski definition) is 3. The van der Waals surface area contributed by atoms with Crippen LogP contribution in [0, 0.1) is 0 Å². The van der Waals surface area contributed by atoms with E-state index in [4.69, 9.17) is 9.84 Å². The summed E-state index contributed by atoms with van der Waals surface area (Å²) < 4.78 is 5.10. The molecule has 19 heavy (non-hydrogen) atoms. The van der Waals surface area contributed by atoms with Gasteiger partial charge in [0.15, 0.2) is 0 Å². The summed E-state index contributed by atoms with van der Waals surface area (Å²) in [4.78, 5) is 26.8. The zero-order valence-corrected chi connectivity index (χ0v) is 10.3. The summed E-state index contributed by atoms with van der Waals surface area (Å²) in [6.45, 7) is 0.0916. The second kappa shape index (κ2) is 6.14. The summed E-state index contributed by atoms with van der Waals surface area (Å²) in [6.07, 6.45) is 2.35. The molecule has 1 fully saturated rings. The Bertz CT molecular complexity index is 461. The predicted molar refractivity (Wildman–Crippen MR) is 66.6 cm³/mol. The maximum atomic E-state index is 11.8. The molecule has 2 heterocycles. The topological polar surface area (TPSA) is 101 Å². The van der Waals surface area contributed by atoms with Gasteiger partial charge in [0.1, 0.15) is 12.6 Å². The molecule has 0 saturated carbocycles. The van der Waals surface area contributed by atoms with Gasteiger partial charge in [-0.15, -0.1) is 0 Å². The Labute approximate surface area is 110 Å². The Hall–Kier alpha value is -2.15. The van der Waals surface area contributed by atoms with E-state index in [1.54, 1.807) is 12.1 Å². The first-order chi connectivity index (χ1) is 9.19. The summed E-state index contributed by atoms with van der Waals surface area (Å²) in [5.41, 5.74) is 0.530. The van der Waals surface area contributed by atoms with Crippen molar-refractivity contribution in [2.24, 2.45) is 0 Å². The lowest BCUT2D eigenvalue weighted by Gasteiger charge is -2.11. The highest BCUT2D eigenvalue weighted by Gasteiger charge is 2.27. The number of amides is 2. The van der Waals surface area contributed by atoms with Crippen molar-refractivity contribution in [1.82, 2.24) is 10.3 Å². The quantitative estimate of drug-likeness (QED) is 0.677. The molecule has 0 radical (unpaired) electrons. The third kappa shape index (κ3) is 3.65. The van der Waals surface area contributed by atoms with Gasteiger partial charge >= 0.3 is 0 Å². The number of nitrogens with one attached hydrogen (secondary N) is 2. The lowest BCUT2D eigenvalue weighted by Crippen LogP contribution is -2.37. The van der Waals surface area contributed by atoms with Gasteiger partial charge in [0.2, 0.25) is 17.7 Å². The van der Waals surface area contributed by atoms with Gasteiger partial charge in [-0.2, -0.15) is 0 Å². The third-order valence-electron chi connectivity index (χ3n) is 2.66. The molecular formula is C12H15N3O4. The number of rotatable bonds is 5. The molecule has 1 aliphatic rings. The molecule has 0 aliphatic carbocycles. The molecule has 0 bridgehead atoms. The monoisotopic (exact) mass is 265 g/mol. The lowest BCUT2D eigenvalue weighted by molar-refractivity contribution is -0.122. The SMILES string of the molecule is O=C1CCC(C(=O)Nc2ccc(OCCO)nc2)N1. The summed E-state index contributed by atoms with van der Waals surface area (Å²) in [5.74, 6) is 0.0175. The van der Waals surface area contributed by atoms with E-state index < -0.39 is 6.04 Å². The molecule has 2 amide bonds. The van der Waals surface area contributed by atoms with Gasteiger partial charge in [-0.25, -0.2) is 4.98 Å². The van der Waals surface area contributed by atoms with Crippen LogP contribution in [0.3, 0.4) is 0 Å². The van der Waals surface area contributed by atoms with Crippen molar-refractivity contribution in [3.8, 4) is 5.88 Å². The van der Waals surface area contributed by atoms with E-state index in [9.17, 15) is 9.59 Å². The lowest BCUT2D eigenvalue weighted by atomic mass is 10.2. The minimum absolute atomic E-state index is 0.0818. The van der Waals surface area contributed by atoms with Gasteiger partial charge < -0.3 is 20.5 Å². The van der Waals surface area contributed by atoms with Gasteiger partial charge in [-0.1, -0.05) is 0 Å². The normalized spacial score (nSPS) is 17.9. The number of nitrogens with zero attached hydrogens (tertiary/aromatic N) is 1. The molecule has 102 valence electrons. The van der Waals surface area contributed by atoms with Crippen molar-refractivity contribution in [3.63, 3.8) is 0 Å². The molecular weight excluding hydrogens is 250 g/mol. The maximum absolute atomic E-state index is 11.8. The van der Waals surface area contributed by atoms with Crippen LogP contribution in [-0.2, 0) is 9.59 Å². The third-order valence-corrected chi connectivity index (χ3v) is 2.66. The fourth-order valence-corrected chi connectivity index (χ4v) is 1.73. The summed E-state index contributed by atoms with van der Waals surface area (Å²) >= 11 is 0. The Morgan fingerprint density at radius 1 is 1.58 bits per heavy atom. The van der Waals surface area contributed by atoms with E-state index >= 15 is 0 Å². The van der Waals surface area contributed by atoms with E-state index in [-0.39, 0.29) is 25.0 Å². The minimum atomic E-state index is -0.474. The second-order valence-corrected chi connectivity index (χ2v) is 4.11. The summed E-state index contributed by atoms with van der Waals surface area (Å²) in [7, 11) is 0. The smallest absolute Gasteiger partial charge is 0.247 e. The van der Waals surface area contributed by atoms with E-state index in [0.29, 0.717) is 24.4 Å². The first-order valence-corrected chi connectivity index (χ1v) is 5.99. The molecule has 1 aromatic rings. The molecule has 0 aromatic carbocycles. The van der Waals surface area contributed by atoms with E-state index in [1.165, 1.54) is 6.20 Å². The van der Waals surface area contributed by atoms with Gasteiger partial charge in [0.05, 0.1) is 18.5 Å². The van der Waals surface area contributed by atoms with E-state index in [0.717, 1.165) is 0 Å². The molecule has 1 aliphatic heterocycles. The van der Waals surface area contributed by atoms with Crippen LogP contribution in [-0.4, -0.2) is 41.2 Å². The molecule has 0 spiro atoms. The Balaban J connectivity index is 1.88. The van der Waals surface area contributed by atoms with Crippen LogP contribution < -0.4 is 15.4 Å². The van der Waals surface area contributed by atoms with Crippen LogP contribution in [0.1, 0.15) is 12.8 Å². The number of pyridine rings is 1. The highest BCUT2D eigenvalue weighted by Crippen LogP contribution is 2.13. The molecule has 1 aromatic heterocycles. The van der Waals surface area contributed by atoms with Gasteiger partial charge in [0, 0.05) is 12.5 Å². The molecule has 1 unspecified atom stereocenters. The Kier molecular flexibility index (Phi) is 4.30. The molecule has 3 N–H and O–H groups in total. The van der Waals surface area contributed by atoms with Gasteiger partial charge in [-0.05, 0) is 12.5 Å². The largest absolute Gasteiger partial charge is 0.475 e. The van der Waals surface area contributed by atoms with Crippen molar-refractivity contribution < 1.29 is 19.4 Å². The fourth-order valence-electron chi connectivity index (χ4n) is 1.73.